The van der Waals surface area contributed by atoms with Gasteiger partial charge in [-0.15, -0.1) is 12.4 Å². The number of rotatable bonds is 5. The molecule has 0 radical (unpaired) electrons. The summed E-state index contributed by atoms with van der Waals surface area (Å²) >= 11 is 0. The number of benzene rings is 2. The number of hydrogen-bond donors (Lipinski definition) is 2. The number of nitrogens with two attached hydrogens (primary N) is 1. The Morgan fingerprint density at radius 3 is 2.29 bits per heavy atom. The van der Waals surface area contributed by atoms with Crippen molar-refractivity contribution in [1.29, 1.82) is 0 Å². The van der Waals surface area contributed by atoms with Crippen LogP contribution in [0.4, 0.5) is 13.2 Å². The van der Waals surface area contributed by atoms with Crippen molar-refractivity contribution in [3.8, 4) is 11.5 Å². The summed E-state index contributed by atoms with van der Waals surface area (Å²) in [5, 5.41) is 8.74. The monoisotopic (exact) mass is 361 g/mol. The Hall–Kier alpha value is -2.25. The third-order valence-electron chi connectivity index (χ3n) is 3.08. The van der Waals surface area contributed by atoms with Crippen LogP contribution in [0.15, 0.2) is 48.5 Å². The molecule has 0 aliphatic heterocycles. The van der Waals surface area contributed by atoms with Crippen molar-refractivity contribution in [1.82, 2.24) is 0 Å². The quantitative estimate of drug-likeness (QED) is 0.828. The zero-order chi connectivity index (χ0) is 17.0. The predicted molar refractivity (Wildman–Crippen MR) is 84.4 cm³/mol. The van der Waals surface area contributed by atoms with Crippen molar-refractivity contribution in [3.05, 3.63) is 59.7 Å². The van der Waals surface area contributed by atoms with E-state index >= 15 is 0 Å². The largest absolute Gasteiger partial charge is 0.481 e. The lowest BCUT2D eigenvalue weighted by Gasteiger charge is -2.13. The van der Waals surface area contributed by atoms with Gasteiger partial charge in [0.2, 0.25) is 0 Å². The minimum Gasteiger partial charge on any atom is -0.481 e. The molecule has 0 heterocycles. The first kappa shape index (κ1) is 19.8. The van der Waals surface area contributed by atoms with Crippen molar-refractivity contribution in [3.63, 3.8) is 0 Å². The second-order valence-corrected chi connectivity index (χ2v) is 4.90. The van der Waals surface area contributed by atoms with Gasteiger partial charge in [0, 0.05) is 6.04 Å². The minimum atomic E-state index is -4.45. The molecular formula is C16H15ClF3NO3. The van der Waals surface area contributed by atoms with Crippen molar-refractivity contribution in [2.45, 2.75) is 18.6 Å². The molecule has 1 atom stereocenters. The molecule has 130 valence electrons. The van der Waals surface area contributed by atoms with Gasteiger partial charge in [0.1, 0.15) is 11.5 Å². The van der Waals surface area contributed by atoms with Crippen LogP contribution in [-0.2, 0) is 11.0 Å². The second-order valence-electron chi connectivity index (χ2n) is 4.90. The molecular weight excluding hydrogens is 347 g/mol. The van der Waals surface area contributed by atoms with E-state index in [1.165, 1.54) is 18.2 Å². The molecule has 8 heteroatoms. The van der Waals surface area contributed by atoms with Gasteiger partial charge < -0.3 is 15.6 Å². The molecule has 0 bridgehead atoms. The van der Waals surface area contributed by atoms with Gasteiger partial charge in [-0.3, -0.25) is 4.79 Å². The van der Waals surface area contributed by atoms with Gasteiger partial charge in [-0.25, -0.2) is 0 Å². The Morgan fingerprint density at radius 2 is 1.71 bits per heavy atom. The maximum Gasteiger partial charge on any atom is 0.416 e. The molecule has 2 aromatic carbocycles. The van der Waals surface area contributed by atoms with Crippen molar-refractivity contribution in [2.24, 2.45) is 5.73 Å². The van der Waals surface area contributed by atoms with E-state index < -0.39 is 23.8 Å². The summed E-state index contributed by atoms with van der Waals surface area (Å²) in [5.41, 5.74) is 5.47. The van der Waals surface area contributed by atoms with Gasteiger partial charge in [0.15, 0.2) is 0 Å². The van der Waals surface area contributed by atoms with E-state index in [9.17, 15) is 18.0 Å². The summed E-state index contributed by atoms with van der Waals surface area (Å²) in [4.78, 5) is 10.7. The van der Waals surface area contributed by atoms with Crippen LogP contribution >= 0.6 is 12.4 Å². The Balaban J connectivity index is 0.00000288. The summed E-state index contributed by atoms with van der Waals surface area (Å²) in [6.45, 7) is 0. The average Bonchev–Trinajstić information content (AvgIpc) is 2.46. The van der Waals surface area contributed by atoms with E-state index in [2.05, 4.69) is 0 Å². The maximum absolute atomic E-state index is 12.7. The SMILES string of the molecule is Cl.N[C@@H](CC(=O)O)c1cccc(Oc2cccc(C(F)(F)F)c2)c1. The fourth-order valence-electron chi connectivity index (χ4n) is 1.99. The molecule has 0 aliphatic carbocycles. The Bertz CT molecular complexity index is 707. The molecule has 0 fully saturated rings. The smallest absolute Gasteiger partial charge is 0.416 e. The molecule has 0 saturated heterocycles. The van der Waals surface area contributed by atoms with Crippen LogP contribution in [0.2, 0.25) is 0 Å². The highest BCUT2D eigenvalue weighted by molar-refractivity contribution is 5.85. The molecule has 2 rings (SSSR count). The van der Waals surface area contributed by atoms with Gasteiger partial charge >= 0.3 is 12.1 Å². The summed E-state index contributed by atoms with van der Waals surface area (Å²) in [5.74, 6) is -0.729. The second kappa shape index (κ2) is 8.03. The highest BCUT2D eigenvalue weighted by Crippen LogP contribution is 2.33. The zero-order valence-electron chi connectivity index (χ0n) is 12.3. The molecule has 24 heavy (non-hydrogen) atoms. The summed E-state index contributed by atoms with van der Waals surface area (Å²) in [6, 6.07) is 10.1. The van der Waals surface area contributed by atoms with Gasteiger partial charge in [-0.1, -0.05) is 18.2 Å². The van der Waals surface area contributed by atoms with Crippen molar-refractivity contribution in [2.75, 3.05) is 0 Å². The van der Waals surface area contributed by atoms with E-state index in [0.29, 0.717) is 5.56 Å². The van der Waals surface area contributed by atoms with E-state index in [4.69, 9.17) is 15.6 Å². The lowest BCUT2D eigenvalue weighted by atomic mass is 10.0. The fourth-order valence-corrected chi connectivity index (χ4v) is 1.99. The fraction of sp³-hybridized carbons (Fsp3) is 0.188. The molecule has 0 saturated carbocycles. The highest BCUT2D eigenvalue weighted by atomic mass is 35.5. The Kier molecular flexibility index (Phi) is 6.62. The maximum atomic E-state index is 12.7. The number of hydrogen-bond acceptors (Lipinski definition) is 3. The number of carbonyl (C=O) groups is 1. The summed E-state index contributed by atoms with van der Waals surface area (Å²) in [6.07, 6.45) is -4.71. The number of aliphatic carboxylic acids is 1. The summed E-state index contributed by atoms with van der Waals surface area (Å²) < 4.78 is 43.4. The first-order valence-corrected chi connectivity index (χ1v) is 6.68. The molecule has 4 nitrogen and oxygen atoms in total. The average molecular weight is 362 g/mol. The van der Waals surface area contributed by atoms with Gasteiger partial charge in [0.25, 0.3) is 0 Å². The zero-order valence-corrected chi connectivity index (χ0v) is 13.1. The normalized spacial score (nSPS) is 12.2. The lowest BCUT2D eigenvalue weighted by molar-refractivity contribution is -0.138. The number of alkyl halides is 3. The number of carboxylic acid groups (broad SMARTS) is 1. The van der Waals surface area contributed by atoms with Gasteiger partial charge in [-0.2, -0.15) is 13.2 Å². The van der Waals surface area contributed by atoms with Crippen LogP contribution in [0.3, 0.4) is 0 Å². The Morgan fingerprint density at radius 1 is 1.12 bits per heavy atom. The van der Waals surface area contributed by atoms with Crippen LogP contribution in [0.1, 0.15) is 23.6 Å². The third kappa shape index (κ3) is 5.43. The third-order valence-corrected chi connectivity index (χ3v) is 3.08. The Labute approximate surface area is 142 Å². The molecule has 0 spiro atoms. The lowest BCUT2D eigenvalue weighted by Crippen LogP contribution is -2.14. The van der Waals surface area contributed by atoms with E-state index in [0.717, 1.165) is 12.1 Å². The number of carboxylic acids is 1. The molecule has 2 aromatic rings. The van der Waals surface area contributed by atoms with Crippen LogP contribution in [-0.4, -0.2) is 11.1 Å². The van der Waals surface area contributed by atoms with Crippen LogP contribution in [0.25, 0.3) is 0 Å². The minimum absolute atomic E-state index is 0. The molecule has 0 aromatic heterocycles. The van der Waals surface area contributed by atoms with E-state index in [1.807, 2.05) is 0 Å². The van der Waals surface area contributed by atoms with Crippen LogP contribution in [0, 0.1) is 0 Å². The van der Waals surface area contributed by atoms with Crippen LogP contribution < -0.4 is 10.5 Å². The van der Waals surface area contributed by atoms with Crippen molar-refractivity contribution < 1.29 is 27.8 Å². The predicted octanol–water partition coefficient (Wildman–Crippen LogP) is 4.39. The molecule has 0 amide bonds. The standard InChI is InChI=1S/C16H14F3NO3.ClH/c17-16(18,19)11-4-2-6-13(8-11)23-12-5-1-3-10(7-12)14(20)9-15(21)22;/h1-8,14H,9,20H2,(H,21,22);1H/t14-;/m0./s1. The highest BCUT2D eigenvalue weighted by Gasteiger charge is 2.30. The molecule has 3 N–H and O–H groups in total. The molecule has 0 aliphatic rings. The van der Waals surface area contributed by atoms with Crippen molar-refractivity contribution >= 4 is 18.4 Å². The number of halogens is 4. The number of ether oxygens (including phenoxy) is 1. The van der Waals surface area contributed by atoms with E-state index in [1.54, 1.807) is 18.2 Å². The van der Waals surface area contributed by atoms with E-state index in [-0.39, 0.29) is 30.3 Å². The molecule has 0 unspecified atom stereocenters. The summed E-state index contributed by atoms with van der Waals surface area (Å²) in [7, 11) is 0. The topological polar surface area (TPSA) is 72.6 Å². The first-order valence-electron chi connectivity index (χ1n) is 6.68. The first-order chi connectivity index (χ1) is 10.8. The van der Waals surface area contributed by atoms with Gasteiger partial charge in [0.05, 0.1) is 12.0 Å². The van der Waals surface area contributed by atoms with Crippen LogP contribution in [0.5, 0.6) is 11.5 Å². The van der Waals surface area contributed by atoms with Gasteiger partial charge in [-0.05, 0) is 35.9 Å².